The van der Waals surface area contributed by atoms with Crippen molar-refractivity contribution in [1.82, 2.24) is 0 Å². The van der Waals surface area contributed by atoms with Crippen LogP contribution in [0, 0.1) is 52.3 Å². The minimum Gasteiger partial charge on any atom is -0.480 e. The number of aliphatic hydroxyl groups is 3. The van der Waals surface area contributed by atoms with Crippen LogP contribution in [-0.4, -0.2) is 56.0 Å². The second-order valence-corrected chi connectivity index (χ2v) is 13.8. The van der Waals surface area contributed by atoms with E-state index in [0.29, 0.717) is 18.8 Å². The zero-order chi connectivity index (χ0) is 26.8. The molecular weight excluding hydrogens is 458 g/mol. The summed E-state index contributed by atoms with van der Waals surface area (Å²) in [5.74, 6) is -0.947. The van der Waals surface area contributed by atoms with E-state index in [4.69, 9.17) is 5.73 Å². The predicted molar refractivity (Wildman–Crippen MR) is 137 cm³/mol. The average molecular weight is 508 g/mol. The SMILES string of the molecule is CC(CCC(=O)[C@](N)(C(=O)O)C(C)C)C1CCC2C3C(O)CC4CC(O)CCC4(C)C3CC(O)C12C. The van der Waals surface area contributed by atoms with Crippen molar-refractivity contribution in [2.24, 2.45) is 58.0 Å². The number of nitrogens with two attached hydrogens (primary N) is 1. The largest absolute Gasteiger partial charge is 0.480 e. The normalized spacial score (nSPS) is 46.8. The first-order valence-corrected chi connectivity index (χ1v) is 14.3. The van der Waals surface area contributed by atoms with Gasteiger partial charge in [-0.05, 0) is 104 Å². The van der Waals surface area contributed by atoms with Gasteiger partial charge in [-0.25, -0.2) is 4.79 Å². The molecule has 4 rings (SSSR count). The van der Waals surface area contributed by atoms with Crippen LogP contribution in [0.1, 0.15) is 92.4 Å². The van der Waals surface area contributed by atoms with Crippen molar-refractivity contribution in [3.8, 4) is 0 Å². The molecule has 0 saturated heterocycles. The van der Waals surface area contributed by atoms with E-state index in [0.717, 1.165) is 38.5 Å². The van der Waals surface area contributed by atoms with Crippen LogP contribution >= 0.6 is 0 Å². The van der Waals surface area contributed by atoms with Crippen LogP contribution in [0.15, 0.2) is 0 Å². The number of carbonyl (C=O) groups is 2. The number of ketones is 1. The van der Waals surface area contributed by atoms with Gasteiger partial charge < -0.3 is 26.2 Å². The minimum absolute atomic E-state index is 0.0414. The van der Waals surface area contributed by atoms with E-state index in [1.54, 1.807) is 13.8 Å². The van der Waals surface area contributed by atoms with Crippen LogP contribution in [0.3, 0.4) is 0 Å². The Morgan fingerprint density at radius 1 is 1.00 bits per heavy atom. The molecule has 4 aliphatic rings. The Morgan fingerprint density at radius 2 is 1.67 bits per heavy atom. The quantitative estimate of drug-likeness (QED) is 0.333. The molecule has 7 heteroatoms. The topological polar surface area (TPSA) is 141 Å². The highest BCUT2D eigenvalue weighted by atomic mass is 16.4. The van der Waals surface area contributed by atoms with E-state index in [1.165, 1.54) is 0 Å². The first kappa shape index (κ1) is 28.0. The summed E-state index contributed by atoms with van der Waals surface area (Å²) in [5.41, 5.74) is 3.88. The lowest BCUT2D eigenvalue weighted by Gasteiger charge is -2.63. The zero-order valence-electron chi connectivity index (χ0n) is 22.8. The van der Waals surface area contributed by atoms with Crippen LogP contribution in [-0.2, 0) is 9.59 Å². The molecular formula is C29H49NO6. The van der Waals surface area contributed by atoms with E-state index in [-0.39, 0.29) is 52.9 Å². The molecule has 0 heterocycles. The molecule has 12 atom stereocenters. The van der Waals surface area contributed by atoms with Gasteiger partial charge in [0.15, 0.2) is 11.3 Å². The highest BCUT2D eigenvalue weighted by Gasteiger charge is 2.65. The lowest BCUT2D eigenvalue weighted by Crippen LogP contribution is -2.62. The summed E-state index contributed by atoms with van der Waals surface area (Å²) < 4.78 is 0. The highest BCUT2D eigenvalue weighted by molar-refractivity contribution is 6.07. The number of aliphatic carboxylic acids is 1. The number of carbonyl (C=O) groups excluding carboxylic acids is 1. The van der Waals surface area contributed by atoms with Crippen LogP contribution in [0.2, 0.25) is 0 Å². The number of hydrogen-bond acceptors (Lipinski definition) is 6. The van der Waals surface area contributed by atoms with E-state index < -0.39 is 35.4 Å². The number of carboxylic acid groups (broad SMARTS) is 1. The van der Waals surface area contributed by atoms with Crippen LogP contribution in [0.25, 0.3) is 0 Å². The van der Waals surface area contributed by atoms with Gasteiger partial charge in [0.1, 0.15) is 0 Å². The van der Waals surface area contributed by atoms with Crippen LogP contribution in [0.5, 0.6) is 0 Å². The molecule has 4 aliphatic carbocycles. The van der Waals surface area contributed by atoms with Gasteiger partial charge >= 0.3 is 5.97 Å². The Labute approximate surface area is 216 Å². The third-order valence-electron chi connectivity index (χ3n) is 12.1. The monoisotopic (exact) mass is 507 g/mol. The molecule has 0 aliphatic heterocycles. The second kappa shape index (κ2) is 9.62. The summed E-state index contributed by atoms with van der Waals surface area (Å²) in [6.07, 6.45) is 5.30. The van der Waals surface area contributed by atoms with Gasteiger partial charge in [0.2, 0.25) is 0 Å². The Hall–Kier alpha value is -1.02. The van der Waals surface area contributed by atoms with Crippen molar-refractivity contribution >= 4 is 11.8 Å². The van der Waals surface area contributed by atoms with E-state index in [1.807, 2.05) is 0 Å². The number of hydrogen-bond donors (Lipinski definition) is 5. The molecule has 0 radical (unpaired) electrons. The maximum Gasteiger partial charge on any atom is 0.331 e. The first-order valence-electron chi connectivity index (χ1n) is 14.3. The number of rotatable bonds is 7. The minimum atomic E-state index is -1.87. The Balaban J connectivity index is 1.52. The fourth-order valence-corrected chi connectivity index (χ4v) is 9.59. The Morgan fingerprint density at radius 3 is 2.28 bits per heavy atom. The van der Waals surface area contributed by atoms with Crippen molar-refractivity contribution in [1.29, 1.82) is 0 Å². The van der Waals surface area contributed by atoms with E-state index in [2.05, 4.69) is 20.8 Å². The van der Waals surface area contributed by atoms with Gasteiger partial charge in [-0.2, -0.15) is 0 Å². The third kappa shape index (κ3) is 4.07. The molecule has 0 amide bonds. The number of fused-ring (bicyclic) bond motifs is 5. The standard InChI is InChI=1S/C29H49NO6/c1-15(2)29(30,26(35)36)23(33)9-6-16(3)19-7-8-20-25-21(14-24(34)28(19,20)5)27(4)11-10-18(31)12-17(27)13-22(25)32/h15-22,24-25,31-32,34H,6-14,30H2,1-5H3,(H,35,36)/t16?,17?,18?,19?,20?,21?,22?,24?,25?,27?,28?,29-/m0/s1. The Kier molecular flexibility index (Phi) is 7.48. The molecule has 0 spiro atoms. The fraction of sp³-hybridized carbons (Fsp3) is 0.931. The molecule has 0 aromatic heterocycles. The molecule has 0 bridgehead atoms. The van der Waals surface area contributed by atoms with Crippen molar-refractivity contribution in [3.63, 3.8) is 0 Å². The van der Waals surface area contributed by atoms with Crippen molar-refractivity contribution < 1.29 is 30.0 Å². The molecule has 4 fully saturated rings. The summed E-state index contributed by atoms with van der Waals surface area (Å²) in [6.45, 7) is 9.98. The van der Waals surface area contributed by atoms with Gasteiger partial charge in [0.05, 0.1) is 18.3 Å². The van der Waals surface area contributed by atoms with Gasteiger partial charge in [0.25, 0.3) is 0 Å². The molecule has 0 aromatic carbocycles. The lowest BCUT2D eigenvalue weighted by molar-refractivity contribution is -0.207. The summed E-state index contributed by atoms with van der Waals surface area (Å²) in [7, 11) is 0. The number of Topliss-reactive ketones (excluding diaryl/α,β-unsaturated/α-hetero) is 1. The van der Waals surface area contributed by atoms with Gasteiger partial charge in [0, 0.05) is 6.42 Å². The Bertz CT molecular complexity index is 863. The van der Waals surface area contributed by atoms with Gasteiger partial charge in [-0.1, -0.05) is 34.6 Å². The zero-order valence-corrected chi connectivity index (χ0v) is 22.8. The summed E-state index contributed by atoms with van der Waals surface area (Å²) in [6, 6.07) is 0. The van der Waals surface area contributed by atoms with Crippen molar-refractivity contribution in [3.05, 3.63) is 0 Å². The fourth-order valence-electron chi connectivity index (χ4n) is 9.59. The van der Waals surface area contributed by atoms with Gasteiger partial charge in [-0.15, -0.1) is 0 Å². The smallest absolute Gasteiger partial charge is 0.331 e. The maximum absolute atomic E-state index is 12.9. The summed E-state index contributed by atoms with van der Waals surface area (Å²) >= 11 is 0. The third-order valence-corrected chi connectivity index (χ3v) is 12.1. The number of aliphatic hydroxyl groups excluding tert-OH is 3. The summed E-state index contributed by atoms with van der Waals surface area (Å²) in [5, 5.41) is 43.0. The molecule has 4 saturated carbocycles. The van der Waals surface area contributed by atoms with Crippen LogP contribution in [0.4, 0.5) is 0 Å². The summed E-state index contributed by atoms with van der Waals surface area (Å²) in [4.78, 5) is 24.7. The van der Waals surface area contributed by atoms with E-state index >= 15 is 0 Å². The molecule has 36 heavy (non-hydrogen) atoms. The predicted octanol–water partition coefficient (Wildman–Crippen LogP) is 3.37. The molecule has 11 unspecified atom stereocenters. The maximum atomic E-state index is 12.9. The average Bonchev–Trinajstić information content (AvgIpc) is 3.16. The lowest BCUT2D eigenvalue weighted by atomic mass is 9.43. The first-order chi connectivity index (χ1) is 16.7. The molecule has 7 nitrogen and oxygen atoms in total. The number of carboxylic acids is 1. The van der Waals surface area contributed by atoms with Crippen LogP contribution < -0.4 is 5.73 Å². The molecule has 206 valence electrons. The molecule has 6 N–H and O–H groups in total. The second-order valence-electron chi connectivity index (χ2n) is 13.8. The molecule has 0 aromatic rings. The van der Waals surface area contributed by atoms with Crippen molar-refractivity contribution in [2.75, 3.05) is 0 Å². The van der Waals surface area contributed by atoms with Gasteiger partial charge in [-0.3, -0.25) is 4.79 Å². The van der Waals surface area contributed by atoms with Crippen molar-refractivity contribution in [2.45, 2.75) is 116 Å². The van der Waals surface area contributed by atoms with E-state index in [9.17, 15) is 30.0 Å². The highest BCUT2D eigenvalue weighted by Crippen LogP contribution is 2.68.